The minimum Gasteiger partial charge on any atom is -0.383 e. The highest BCUT2D eigenvalue weighted by Crippen LogP contribution is 2.35. The van der Waals surface area contributed by atoms with Crippen LogP contribution in [0.25, 0.3) is 0 Å². The minimum absolute atomic E-state index is 1.09. The maximum Gasteiger partial charge on any atom is 0.0622 e. The monoisotopic (exact) mass is 243 g/mol. The quantitative estimate of drug-likeness (QED) is 0.751. The molecule has 0 bridgehead atoms. The van der Waals surface area contributed by atoms with Crippen molar-refractivity contribution in [1.82, 2.24) is 0 Å². The van der Waals surface area contributed by atoms with E-state index in [9.17, 15) is 0 Å². The van der Waals surface area contributed by atoms with Gasteiger partial charge in [-0.2, -0.15) is 0 Å². The van der Waals surface area contributed by atoms with Gasteiger partial charge in [0.25, 0.3) is 0 Å². The molecule has 3 heteroatoms. The minimum atomic E-state index is 1.09. The molecule has 1 aromatic rings. The molecule has 0 unspecified atom stereocenters. The first-order chi connectivity index (χ1) is 5.88. The highest BCUT2D eigenvalue weighted by molar-refractivity contribution is 9.10. The summed E-state index contributed by atoms with van der Waals surface area (Å²) in [6.07, 6.45) is 1.24. The van der Waals surface area contributed by atoms with Gasteiger partial charge in [-0.05, 0) is 40.2 Å². The Bertz CT molecular complexity index is 288. The van der Waals surface area contributed by atoms with Crippen LogP contribution in [0.5, 0.6) is 0 Å². The summed E-state index contributed by atoms with van der Waals surface area (Å²) < 4.78 is 1.18. The number of nitrogens with one attached hydrogen (secondary N) is 1. The van der Waals surface area contributed by atoms with Gasteiger partial charge in [-0.1, -0.05) is 6.07 Å². The van der Waals surface area contributed by atoms with Gasteiger partial charge in [0.15, 0.2) is 0 Å². The molecule has 0 radical (unpaired) electrons. The third-order valence-electron chi connectivity index (χ3n) is 1.86. The molecule has 0 spiro atoms. The fourth-order valence-electron chi connectivity index (χ4n) is 1.26. The SMILES string of the molecule is Brc1cccc2c1NCCCS2. The zero-order valence-electron chi connectivity index (χ0n) is 6.64. The highest BCUT2D eigenvalue weighted by Gasteiger charge is 2.09. The van der Waals surface area contributed by atoms with Crippen molar-refractivity contribution in [2.24, 2.45) is 0 Å². The van der Waals surface area contributed by atoms with Gasteiger partial charge in [0.1, 0.15) is 0 Å². The molecule has 1 aromatic carbocycles. The van der Waals surface area contributed by atoms with Crippen LogP contribution in [0, 0.1) is 0 Å². The lowest BCUT2D eigenvalue weighted by Crippen LogP contribution is -2.00. The highest BCUT2D eigenvalue weighted by atomic mass is 79.9. The first kappa shape index (κ1) is 8.45. The van der Waals surface area contributed by atoms with E-state index in [2.05, 4.69) is 39.4 Å². The molecule has 12 heavy (non-hydrogen) atoms. The van der Waals surface area contributed by atoms with Crippen molar-refractivity contribution >= 4 is 33.4 Å². The molecular weight excluding hydrogens is 234 g/mol. The summed E-state index contributed by atoms with van der Waals surface area (Å²) in [7, 11) is 0. The fourth-order valence-corrected chi connectivity index (χ4v) is 2.91. The molecule has 0 atom stereocenters. The standard InChI is InChI=1S/C9H10BrNS/c10-7-3-1-4-8-9(7)11-5-2-6-12-8/h1,3-4,11H,2,5-6H2. The number of rotatable bonds is 0. The van der Waals surface area contributed by atoms with Gasteiger partial charge in [0.2, 0.25) is 0 Å². The Labute approximate surface area is 85.1 Å². The van der Waals surface area contributed by atoms with E-state index in [0.717, 1.165) is 6.54 Å². The number of halogens is 1. The van der Waals surface area contributed by atoms with Crippen LogP contribution < -0.4 is 5.32 Å². The molecule has 0 saturated heterocycles. The van der Waals surface area contributed by atoms with Crippen LogP contribution >= 0.6 is 27.7 Å². The summed E-state index contributed by atoms with van der Waals surface area (Å²) in [5, 5.41) is 3.43. The van der Waals surface area contributed by atoms with Gasteiger partial charge in [0.05, 0.1) is 5.69 Å². The predicted molar refractivity (Wildman–Crippen MR) is 58.0 cm³/mol. The second-order valence-electron chi connectivity index (χ2n) is 2.74. The summed E-state index contributed by atoms with van der Waals surface area (Å²) in [4.78, 5) is 1.36. The van der Waals surface area contributed by atoms with Crippen LogP contribution in [0.4, 0.5) is 5.69 Å². The van der Waals surface area contributed by atoms with Gasteiger partial charge in [-0.25, -0.2) is 0 Å². The summed E-state index contributed by atoms with van der Waals surface area (Å²) in [5.74, 6) is 1.22. The van der Waals surface area contributed by atoms with Gasteiger partial charge >= 0.3 is 0 Å². The molecule has 2 rings (SSSR count). The Hall–Kier alpha value is -0.150. The Kier molecular flexibility index (Phi) is 2.61. The lowest BCUT2D eigenvalue weighted by atomic mass is 10.3. The van der Waals surface area contributed by atoms with E-state index < -0.39 is 0 Å². The topological polar surface area (TPSA) is 12.0 Å². The van der Waals surface area contributed by atoms with Crippen LogP contribution in [0.2, 0.25) is 0 Å². The van der Waals surface area contributed by atoms with E-state index in [4.69, 9.17) is 0 Å². The maximum atomic E-state index is 3.54. The number of fused-ring (bicyclic) bond motifs is 1. The third-order valence-corrected chi connectivity index (χ3v) is 3.66. The number of benzene rings is 1. The van der Waals surface area contributed by atoms with Crippen molar-refractivity contribution in [2.75, 3.05) is 17.6 Å². The zero-order valence-corrected chi connectivity index (χ0v) is 9.04. The van der Waals surface area contributed by atoms with E-state index in [0.29, 0.717) is 0 Å². The van der Waals surface area contributed by atoms with Crippen molar-refractivity contribution in [2.45, 2.75) is 11.3 Å². The average molecular weight is 244 g/mol. The summed E-state index contributed by atoms with van der Waals surface area (Å²) in [6, 6.07) is 6.34. The van der Waals surface area contributed by atoms with E-state index >= 15 is 0 Å². The molecule has 0 amide bonds. The molecule has 0 fully saturated rings. The van der Waals surface area contributed by atoms with E-state index in [1.165, 1.54) is 27.2 Å². The Morgan fingerprint density at radius 1 is 1.42 bits per heavy atom. The fraction of sp³-hybridized carbons (Fsp3) is 0.333. The van der Waals surface area contributed by atoms with Crippen LogP contribution in [0.1, 0.15) is 6.42 Å². The van der Waals surface area contributed by atoms with Crippen LogP contribution in [-0.2, 0) is 0 Å². The van der Waals surface area contributed by atoms with Gasteiger partial charge < -0.3 is 5.32 Å². The predicted octanol–water partition coefficient (Wildman–Crippen LogP) is 3.36. The lowest BCUT2D eigenvalue weighted by Gasteiger charge is -2.07. The normalized spacial score (nSPS) is 16.1. The van der Waals surface area contributed by atoms with Gasteiger partial charge in [0, 0.05) is 15.9 Å². The molecule has 1 aliphatic rings. The molecule has 1 N–H and O–H groups in total. The Morgan fingerprint density at radius 3 is 3.25 bits per heavy atom. The lowest BCUT2D eigenvalue weighted by molar-refractivity contribution is 0.998. The van der Waals surface area contributed by atoms with Crippen molar-refractivity contribution in [1.29, 1.82) is 0 Å². The molecule has 1 nitrogen and oxygen atoms in total. The van der Waals surface area contributed by atoms with Crippen LogP contribution in [0.3, 0.4) is 0 Å². The molecule has 64 valence electrons. The number of thioether (sulfide) groups is 1. The van der Waals surface area contributed by atoms with Crippen molar-refractivity contribution in [3.05, 3.63) is 22.7 Å². The molecular formula is C9H10BrNS. The smallest absolute Gasteiger partial charge is 0.0622 e. The zero-order chi connectivity index (χ0) is 8.39. The average Bonchev–Trinajstić information content (AvgIpc) is 2.30. The summed E-state index contributed by atoms with van der Waals surface area (Å²) in [5.41, 5.74) is 1.26. The van der Waals surface area contributed by atoms with Crippen molar-refractivity contribution in [3.8, 4) is 0 Å². The van der Waals surface area contributed by atoms with Crippen LogP contribution in [-0.4, -0.2) is 12.3 Å². The third kappa shape index (κ3) is 1.62. The number of hydrogen-bond acceptors (Lipinski definition) is 2. The largest absolute Gasteiger partial charge is 0.383 e. The summed E-state index contributed by atoms with van der Waals surface area (Å²) in [6.45, 7) is 1.09. The molecule has 0 aliphatic carbocycles. The van der Waals surface area contributed by atoms with Gasteiger partial charge in [-0.15, -0.1) is 11.8 Å². The molecule has 0 aromatic heterocycles. The molecule has 1 aliphatic heterocycles. The van der Waals surface area contributed by atoms with Crippen molar-refractivity contribution in [3.63, 3.8) is 0 Å². The first-order valence-corrected chi connectivity index (χ1v) is 5.81. The van der Waals surface area contributed by atoms with E-state index in [-0.39, 0.29) is 0 Å². The second-order valence-corrected chi connectivity index (χ2v) is 4.73. The van der Waals surface area contributed by atoms with Crippen LogP contribution in [0.15, 0.2) is 27.6 Å². The second kappa shape index (κ2) is 3.71. The van der Waals surface area contributed by atoms with E-state index in [1.807, 2.05) is 11.8 Å². The van der Waals surface area contributed by atoms with E-state index in [1.54, 1.807) is 0 Å². The number of anilines is 1. The number of para-hydroxylation sites is 1. The Morgan fingerprint density at radius 2 is 2.33 bits per heavy atom. The number of hydrogen-bond donors (Lipinski definition) is 1. The van der Waals surface area contributed by atoms with Crippen molar-refractivity contribution < 1.29 is 0 Å². The Balaban J connectivity index is 2.42. The molecule has 1 heterocycles. The summed E-state index contributed by atoms with van der Waals surface area (Å²) >= 11 is 5.47. The van der Waals surface area contributed by atoms with Gasteiger partial charge in [-0.3, -0.25) is 0 Å². The first-order valence-electron chi connectivity index (χ1n) is 4.03. The molecule has 0 saturated carbocycles. The maximum absolute atomic E-state index is 3.54.